The van der Waals surface area contributed by atoms with E-state index in [1.54, 1.807) is 19.4 Å². The van der Waals surface area contributed by atoms with Crippen molar-refractivity contribution in [1.29, 1.82) is 0 Å². The Morgan fingerprint density at radius 3 is 2.90 bits per heavy atom. The minimum absolute atomic E-state index is 0.337. The lowest BCUT2D eigenvalue weighted by Crippen LogP contribution is -2.10. The van der Waals surface area contributed by atoms with Crippen LogP contribution in [0.2, 0.25) is 5.15 Å². The Morgan fingerprint density at radius 1 is 1.38 bits per heavy atom. The number of aromatic nitrogens is 3. The summed E-state index contributed by atoms with van der Waals surface area (Å²) in [6, 6.07) is 2.07. The van der Waals surface area contributed by atoms with Gasteiger partial charge in [-0.15, -0.1) is 0 Å². The van der Waals surface area contributed by atoms with Gasteiger partial charge in [0.05, 0.1) is 17.2 Å². The van der Waals surface area contributed by atoms with Crippen LogP contribution < -0.4 is 10.6 Å². The predicted octanol–water partition coefficient (Wildman–Crippen LogP) is 3.13. The van der Waals surface area contributed by atoms with E-state index in [2.05, 4.69) is 39.4 Å². The maximum absolute atomic E-state index is 6.05. The van der Waals surface area contributed by atoms with Crippen LogP contribution >= 0.6 is 22.9 Å². The molecule has 6 nitrogen and oxygen atoms in total. The predicted molar refractivity (Wildman–Crippen MR) is 87.3 cm³/mol. The minimum atomic E-state index is 0.337. The Bertz CT molecular complexity index is 590. The summed E-state index contributed by atoms with van der Waals surface area (Å²) in [4.78, 5) is 13.9. The van der Waals surface area contributed by atoms with Crippen LogP contribution in [0.1, 0.15) is 13.8 Å². The number of methoxy groups -OCH3 is 1. The van der Waals surface area contributed by atoms with Gasteiger partial charge in [-0.2, -0.15) is 0 Å². The minimum Gasteiger partial charge on any atom is -0.383 e. The van der Waals surface area contributed by atoms with Gasteiger partial charge in [0.25, 0.3) is 0 Å². The lowest BCUT2D eigenvalue weighted by molar-refractivity contribution is 0.210. The van der Waals surface area contributed by atoms with Crippen LogP contribution in [-0.2, 0) is 4.74 Å². The summed E-state index contributed by atoms with van der Waals surface area (Å²) in [6.45, 7) is 5.34. The molecule has 0 aliphatic rings. The molecule has 21 heavy (non-hydrogen) atoms. The summed E-state index contributed by atoms with van der Waals surface area (Å²) >= 11 is 7.59. The van der Waals surface area contributed by atoms with Crippen LogP contribution in [-0.4, -0.2) is 41.3 Å². The molecule has 8 heteroatoms. The summed E-state index contributed by atoms with van der Waals surface area (Å²) in [7, 11) is 1.65. The van der Waals surface area contributed by atoms with E-state index in [-0.39, 0.29) is 0 Å². The molecule has 0 saturated carbocycles. The van der Waals surface area contributed by atoms with E-state index in [1.807, 2.05) is 0 Å². The smallest absolute Gasteiger partial charge is 0.224 e. The van der Waals surface area contributed by atoms with Gasteiger partial charge in [-0.05, 0) is 13.8 Å². The molecule has 2 rings (SSSR count). The lowest BCUT2D eigenvalue weighted by Gasteiger charge is -2.06. The van der Waals surface area contributed by atoms with Crippen LogP contribution in [0.15, 0.2) is 12.3 Å². The second kappa shape index (κ2) is 7.53. The zero-order chi connectivity index (χ0) is 15.2. The topological polar surface area (TPSA) is 72.0 Å². The van der Waals surface area contributed by atoms with Gasteiger partial charge in [0, 0.05) is 32.0 Å². The first-order valence-corrected chi connectivity index (χ1v) is 7.78. The molecule has 0 spiro atoms. The number of anilines is 2. The van der Waals surface area contributed by atoms with Gasteiger partial charge < -0.3 is 15.4 Å². The van der Waals surface area contributed by atoms with Crippen molar-refractivity contribution in [3.8, 4) is 10.6 Å². The molecule has 0 aliphatic carbocycles. The van der Waals surface area contributed by atoms with Crippen molar-refractivity contribution in [3.05, 3.63) is 17.4 Å². The zero-order valence-corrected chi connectivity index (χ0v) is 13.8. The van der Waals surface area contributed by atoms with Crippen molar-refractivity contribution in [3.63, 3.8) is 0 Å². The van der Waals surface area contributed by atoms with Crippen molar-refractivity contribution in [2.45, 2.75) is 19.9 Å². The number of nitrogens with one attached hydrogen (secondary N) is 2. The fraction of sp³-hybridized carbons (Fsp3) is 0.462. The SMILES string of the molecule is COCCNc1nc(Cl)cc(-c2cnc(NC(C)C)s2)n1. The number of halogens is 1. The van der Waals surface area contributed by atoms with Crippen molar-refractivity contribution in [1.82, 2.24) is 15.0 Å². The molecule has 0 unspecified atom stereocenters. The molecule has 0 amide bonds. The fourth-order valence-electron chi connectivity index (χ4n) is 1.59. The summed E-state index contributed by atoms with van der Waals surface area (Å²) in [5.41, 5.74) is 0.754. The number of nitrogens with zero attached hydrogens (tertiary/aromatic N) is 3. The first kappa shape index (κ1) is 15.9. The standard InChI is InChI=1S/C13H18ClN5OS/c1-8(2)17-13-16-7-10(21-13)9-6-11(14)19-12(18-9)15-4-5-20-3/h6-8H,4-5H2,1-3H3,(H,16,17)(H,15,18,19). The van der Waals surface area contributed by atoms with Crippen molar-refractivity contribution >= 4 is 34.0 Å². The van der Waals surface area contributed by atoms with E-state index in [4.69, 9.17) is 16.3 Å². The van der Waals surface area contributed by atoms with Crippen LogP contribution in [0.25, 0.3) is 10.6 Å². The van der Waals surface area contributed by atoms with E-state index in [0.717, 1.165) is 15.7 Å². The molecule has 0 aromatic carbocycles. The maximum Gasteiger partial charge on any atom is 0.224 e. The number of hydrogen-bond acceptors (Lipinski definition) is 7. The molecule has 0 bridgehead atoms. The highest BCUT2D eigenvalue weighted by atomic mass is 35.5. The molecule has 114 valence electrons. The molecule has 0 saturated heterocycles. The van der Waals surface area contributed by atoms with Gasteiger partial charge in [-0.3, -0.25) is 0 Å². The third kappa shape index (κ3) is 4.80. The number of ether oxygens (including phenoxy) is 1. The molecule has 0 fully saturated rings. The van der Waals surface area contributed by atoms with E-state index in [0.29, 0.717) is 30.3 Å². The average molecular weight is 328 g/mol. The molecule has 2 heterocycles. The largest absolute Gasteiger partial charge is 0.383 e. The van der Waals surface area contributed by atoms with Gasteiger partial charge in [0.15, 0.2) is 5.13 Å². The van der Waals surface area contributed by atoms with Gasteiger partial charge in [0.2, 0.25) is 5.95 Å². The Kier molecular flexibility index (Phi) is 5.72. The molecular weight excluding hydrogens is 310 g/mol. The van der Waals surface area contributed by atoms with Gasteiger partial charge in [0.1, 0.15) is 5.15 Å². The third-order valence-corrected chi connectivity index (χ3v) is 3.60. The molecular formula is C13H18ClN5OS. The lowest BCUT2D eigenvalue weighted by atomic mass is 10.4. The zero-order valence-electron chi connectivity index (χ0n) is 12.2. The molecule has 0 radical (unpaired) electrons. The van der Waals surface area contributed by atoms with Crippen molar-refractivity contribution in [2.75, 3.05) is 30.9 Å². The monoisotopic (exact) mass is 327 g/mol. The highest BCUT2D eigenvalue weighted by molar-refractivity contribution is 7.18. The second-order valence-corrected chi connectivity index (χ2v) is 6.07. The number of rotatable bonds is 7. The summed E-state index contributed by atoms with van der Waals surface area (Å²) < 4.78 is 4.98. The van der Waals surface area contributed by atoms with E-state index in [9.17, 15) is 0 Å². The van der Waals surface area contributed by atoms with Crippen LogP contribution in [0, 0.1) is 0 Å². The van der Waals surface area contributed by atoms with Gasteiger partial charge in [-0.25, -0.2) is 15.0 Å². The van der Waals surface area contributed by atoms with Crippen LogP contribution in [0.4, 0.5) is 11.1 Å². The van der Waals surface area contributed by atoms with Crippen LogP contribution in [0.3, 0.4) is 0 Å². The highest BCUT2D eigenvalue weighted by Gasteiger charge is 2.10. The average Bonchev–Trinajstić information content (AvgIpc) is 2.86. The van der Waals surface area contributed by atoms with E-state index in [1.165, 1.54) is 11.3 Å². The Morgan fingerprint density at radius 2 is 2.19 bits per heavy atom. The van der Waals surface area contributed by atoms with Gasteiger partial charge >= 0.3 is 0 Å². The Labute approximate surface area is 132 Å². The molecule has 2 aromatic heterocycles. The quantitative estimate of drug-likeness (QED) is 0.601. The first-order chi connectivity index (χ1) is 10.1. The highest BCUT2D eigenvalue weighted by Crippen LogP contribution is 2.29. The molecule has 2 N–H and O–H groups in total. The molecule has 2 aromatic rings. The Balaban J connectivity index is 2.16. The van der Waals surface area contributed by atoms with Crippen molar-refractivity contribution in [2.24, 2.45) is 0 Å². The number of hydrogen-bond donors (Lipinski definition) is 2. The summed E-state index contributed by atoms with van der Waals surface area (Å²) in [5, 5.41) is 7.60. The first-order valence-electron chi connectivity index (χ1n) is 6.58. The molecule has 0 aliphatic heterocycles. The Hall–Kier alpha value is -1.44. The van der Waals surface area contributed by atoms with Crippen LogP contribution in [0.5, 0.6) is 0 Å². The van der Waals surface area contributed by atoms with E-state index < -0.39 is 0 Å². The second-order valence-electron chi connectivity index (χ2n) is 4.65. The normalized spacial score (nSPS) is 10.9. The van der Waals surface area contributed by atoms with Crippen molar-refractivity contribution < 1.29 is 4.74 Å². The summed E-state index contributed by atoms with van der Waals surface area (Å²) in [6.07, 6.45) is 1.78. The molecule has 0 atom stereocenters. The number of thiazole rings is 1. The fourth-order valence-corrected chi connectivity index (χ4v) is 2.70. The third-order valence-electron chi connectivity index (χ3n) is 2.45. The van der Waals surface area contributed by atoms with E-state index >= 15 is 0 Å². The summed E-state index contributed by atoms with van der Waals surface area (Å²) in [5.74, 6) is 0.487. The maximum atomic E-state index is 6.05. The van der Waals surface area contributed by atoms with Gasteiger partial charge in [-0.1, -0.05) is 22.9 Å².